The molecule has 1 saturated carbocycles. The number of likely N-dealkylation sites (tertiary alicyclic amines) is 1. The van der Waals surface area contributed by atoms with Crippen LogP contribution in [0.5, 0.6) is 5.75 Å². The number of hydrogen-bond donors (Lipinski definition) is 5. The lowest BCUT2D eigenvalue weighted by Gasteiger charge is -2.51. The summed E-state index contributed by atoms with van der Waals surface area (Å²) >= 11 is 3.95. The number of aromatic amines is 1. The number of fused-ring (bicyclic) bond motifs is 2. The third-order valence-corrected chi connectivity index (χ3v) is 14.0. The lowest BCUT2D eigenvalue weighted by molar-refractivity contribution is -0.181. The van der Waals surface area contributed by atoms with Crippen molar-refractivity contribution in [1.29, 1.82) is 0 Å². The van der Waals surface area contributed by atoms with E-state index in [2.05, 4.69) is 15.2 Å². The molecule has 1 aliphatic carbocycles. The number of phenolic OH excluding ortho intramolecular Hbond substituents is 1. The normalized spacial score (nSPS) is 16.9. The van der Waals surface area contributed by atoms with Crippen LogP contribution in [0, 0.1) is 5.41 Å². The van der Waals surface area contributed by atoms with Gasteiger partial charge in [0.25, 0.3) is 0 Å². The number of aliphatic hydroxyl groups is 2. The monoisotopic (exact) mass is 786 g/mol. The average molecular weight is 787 g/mol. The maximum Gasteiger partial charge on any atom is 0.349 e. The zero-order chi connectivity index (χ0) is 37.5. The first-order valence-electron chi connectivity index (χ1n) is 18.2. The fraction of sp³-hybridized carbons (Fsp3) is 0.375. The number of aromatic hydroxyl groups is 1. The molecule has 1 aliphatic heterocycles. The number of hydrogen-bond acceptors (Lipinski definition) is 12. The number of H-pyrrole nitrogens is 1. The van der Waals surface area contributed by atoms with Crippen molar-refractivity contribution >= 4 is 61.1 Å². The third kappa shape index (κ3) is 7.19. The minimum absolute atomic E-state index is 0.0282. The van der Waals surface area contributed by atoms with E-state index >= 15 is 0 Å². The van der Waals surface area contributed by atoms with Gasteiger partial charge in [-0.3, -0.25) is 14.2 Å². The van der Waals surface area contributed by atoms with Crippen LogP contribution in [-0.2, 0) is 28.2 Å². The summed E-state index contributed by atoms with van der Waals surface area (Å²) in [6.45, 7) is 4.26. The number of carbonyl (C=O) groups is 1. The van der Waals surface area contributed by atoms with Crippen molar-refractivity contribution in [2.75, 3.05) is 26.2 Å². The van der Waals surface area contributed by atoms with E-state index in [0.29, 0.717) is 39.3 Å². The molecule has 1 spiro atoms. The summed E-state index contributed by atoms with van der Waals surface area (Å²) in [6.07, 6.45) is 3.56. The second-order valence-electron chi connectivity index (χ2n) is 14.5. The zero-order valence-electron chi connectivity index (χ0n) is 29.5. The Hall–Kier alpha value is -4.15. The van der Waals surface area contributed by atoms with E-state index in [0.717, 1.165) is 67.5 Å². The number of pyridine rings is 1. The molecule has 0 bridgehead atoms. The molecule has 2 aromatic carbocycles. The molecule has 0 radical (unpaired) electrons. The molecule has 5 heterocycles. The lowest BCUT2D eigenvalue weighted by atomic mass is 9.61. The highest BCUT2D eigenvalue weighted by Gasteiger charge is 2.51. The predicted octanol–water partition coefficient (Wildman–Crippen LogP) is 5.67. The molecule has 11 nitrogen and oxygen atoms in total. The summed E-state index contributed by atoms with van der Waals surface area (Å²) in [5.41, 5.74) is 0.908. The fourth-order valence-electron chi connectivity index (χ4n) is 8.07. The molecule has 1 atom stereocenters. The molecule has 8 rings (SSSR count). The van der Waals surface area contributed by atoms with Crippen molar-refractivity contribution in [2.24, 2.45) is 5.41 Å². The number of thiazole rings is 1. The molecule has 1 saturated heterocycles. The maximum atomic E-state index is 13.4. The number of esters is 1. The van der Waals surface area contributed by atoms with E-state index in [1.165, 1.54) is 46.1 Å². The summed E-state index contributed by atoms with van der Waals surface area (Å²) < 4.78 is 8.72. The summed E-state index contributed by atoms with van der Waals surface area (Å²) in [5, 5.41) is 40.2. The lowest BCUT2D eigenvalue weighted by Crippen LogP contribution is -2.52. The number of aliphatic hydroxyl groups excluding tert-OH is 1. The first kappa shape index (κ1) is 36.8. The van der Waals surface area contributed by atoms with Gasteiger partial charge in [-0.15, -0.1) is 22.7 Å². The number of nitrogens with one attached hydrogen (secondary N) is 2. The predicted molar refractivity (Wildman–Crippen MR) is 212 cm³/mol. The molecule has 6 aromatic rings. The van der Waals surface area contributed by atoms with Crippen LogP contribution in [0.25, 0.3) is 21.1 Å². The van der Waals surface area contributed by atoms with Gasteiger partial charge in [-0.05, 0) is 115 Å². The minimum Gasteiger partial charge on any atom is -0.506 e. The molecule has 54 heavy (non-hydrogen) atoms. The second-order valence-corrected chi connectivity index (χ2v) is 17.4. The number of nitrogens with zero attached hydrogens (tertiary/aromatic N) is 2. The zero-order valence-corrected chi connectivity index (χ0v) is 32.0. The van der Waals surface area contributed by atoms with Crippen LogP contribution in [0.15, 0.2) is 87.1 Å². The number of aryl methyl sites for hydroxylation is 1. The molecule has 282 valence electrons. The van der Waals surface area contributed by atoms with Crippen molar-refractivity contribution in [1.82, 2.24) is 19.8 Å². The number of benzene rings is 2. The van der Waals surface area contributed by atoms with Gasteiger partial charge in [-0.1, -0.05) is 35.6 Å². The summed E-state index contributed by atoms with van der Waals surface area (Å²) in [7, 11) is 0. The summed E-state index contributed by atoms with van der Waals surface area (Å²) in [6, 6.07) is 19.3. The van der Waals surface area contributed by atoms with Crippen molar-refractivity contribution in [2.45, 2.75) is 63.0 Å². The Bertz CT molecular complexity index is 2330. The number of rotatable bonds is 13. The average Bonchev–Trinajstić information content (AvgIpc) is 3.95. The Morgan fingerprint density at radius 2 is 1.74 bits per heavy atom. The largest absolute Gasteiger partial charge is 0.506 e. The Kier molecular flexibility index (Phi) is 10.3. The van der Waals surface area contributed by atoms with Crippen LogP contribution in [0.4, 0.5) is 0 Å². The molecule has 1 unspecified atom stereocenters. The van der Waals surface area contributed by atoms with Crippen LogP contribution >= 0.6 is 34.0 Å². The van der Waals surface area contributed by atoms with Gasteiger partial charge in [0.1, 0.15) is 11.9 Å². The number of aromatic nitrogens is 2. The van der Waals surface area contributed by atoms with Crippen molar-refractivity contribution in [3.8, 4) is 5.75 Å². The minimum atomic E-state index is -1.77. The molecular formula is C40H42N4O7S3. The van der Waals surface area contributed by atoms with Crippen LogP contribution in [-0.4, -0.2) is 68.0 Å². The molecule has 4 aromatic heterocycles. The van der Waals surface area contributed by atoms with Gasteiger partial charge >= 0.3 is 10.8 Å². The Morgan fingerprint density at radius 1 is 1.00 bits per heavy atom. The molecule has 5 N–H and O–H groups in total. The molecule has 14 heteroatoms. The topological polar surface area (TPSA) is 157 Å². The van der Waals surface area contributed by atoms with Gasteiger partial charge in [0.05, 0.1) is 31.6 Å². The smallest absolute Gasteiger partial charge is 0.349 e. The third-order valence-electron chi connectivity index (χ3n) is 11.1. The van der Waals surface area contributed by atoms with Crippen LogP contribution in [0.1, 0.15) is 59.1 Å². The van der Waals surface area contributed by atoms with E-state index in [1.54, 1.807) is 24.3 Å². The maximum absolute atomic E-state index is 13.4. The number of piperidine rings is 1. The number of carbonyl (C=O) groups excluding carboxylic acids is 1. The number of phenols is 1. The van der Waals surface area contributed by atoms with E-state index in [1.807, 2.05) is 45.7 Å². The Labute approximate surface area is 323 Å². The van der Waals surface area contributed by atoms with Gasteiger partial charge in [0.15, 0.2) is 0 Å². The molecular weight excluding hydrogens is 745 g/mol. The first-order valence-corrected chi connectivity index (χ1v) is 20.8. The number of thiophene rings is 2. The fourth-order valence-corrected chi connectivity index (χ4v) is 10.8. The van der Waals surface area contributed by atoms with E-state index in [4.69, 9.17) is 4.74 Å². The Balaban J connectivity index is 0.793. The highest BCUT2D eigenvalue weighted by Crippen LogP contribution is 2.51. The first-order chi connectivity index (χ1) is 26.1. The van der Waals surface area contributed by atoms with Crippen LogP contribution in [0.2, 0.25) is 0 Å². The van der Waals surface area contributed by atoms with E-state index in [9.17, 15) is 29.7 Å². The van der Waals surface area contributed by atoms with Gasteiger partial charge < -0.3 is 35.3 Å². The van der Waals surface area contributed by atoms with E-state index < -0.39 is 17.7 Å². The van der Waals surface area contributed by atoms with Crippen molar-refractivity contribution in [3.05, 3.63) is 118 Å². The summed E-state index contributed by atoms with van der Waals surface area (Å²) in [5.74, 6) is -0.641. The quantitative estimate of drug-likeness (QED) is 0.0932. The highest BCUT2D eigenvalue weighted by molar-refractivity contribution is 7.16. The van der Waals surface area contributed by atoms with Crippen molar-refractivity contribution < 1.29 is 24.9 Å². The van der Waals surface area contributed by atoms with Gasteiger partial charge in [-0.25, -0.2) is 4.79 Å². The van der Waals surface area contributed by atoms with Crippen LogP contribution < -0.4 is 15.7 Å². The SMILES string of the molecule is O=C(OC1CC2(CCN(CCCn3c(=O)sc4cc(CNCC(O)c5ccc(O)c6[nH]c(=O)ccc56)ccc43)CC2)C1)C(O)(c1cccs1)c1cccs1. The molecule has 0 amide bonds. The van der Waals surface area contributed by atoms with Crippen molar-refractivity contribution in [3.63, 3.8) is 0 Å². The number of ether oxygens (including phenoxy) is 1. The standard InChI is InChI=1S/C40H42N4O7S3/c45-30-10-7-27(28-8-11-35(47)42-36(28)30)31(46)24-41-23-25-6-9-29-32(20-25)54-38(49)44(29)15-3-14-43-16-12-39(13-17-43)21-26(22-39)51-37(48)40(50,33-4-1-18-52-33)34-5-2-19-53-34/h1-2,4-11,18-20,26,31,41,45-46,50H,3,12-17,21-24H2,(H,42,47). The van der Waals surface area contributed by atoms with E-state index in [-0.39, 0.29) is 34.2 Å². The molecule has 2 fully saturated rings. The van der Waals surface area contributed by atoms with Gasteiger partial charge in [-0.2, -0.15) is 0 Å². The second kappa shape index (κ2) is 15.2. The molecule has 2 aliphatic rings. The van der Waals surface area contributed by atoms with Gasteiger partial charge in [0.2, 0.25) is 11.2 Å². The summed E-state index contributed by atoms with van der Waals surface area (Å²) in [4.78, 5) is 44.4. The Morgan fingerprint density at radius 3 is 2.44 bits per heavy atom. The highest BCUT2D eigenvalue weighted by atomic mass is 32.1. The van der Waals surface area contributed by atoms with Gasteiger partial charge in [0, 0.05) is 31.1 Å². The van der Waals surface area contributed by atoms with Crippen LogP contribution in [0.3, 0.4) is 0 Å².